The van der Waals surface area contributed by atoms with Crippen molar-refractivity contribution in [3.63, 3.8) is 0 Å². The second-order valence-electron chi connectivity index (χ2n) is 7.81. The largest absolute Gasteiger partial charge is 0.507 e. The number of aliphatic imine (C=N–C) groups is 1. The van der Waals surface area contributed by atoms with Crippen LogP contribution in [0.5, 0.6) is 5.75 Å². The molecule has 0 aliphatic heterocycles. The molecule has 0 heterocycles. The summed E-state index contributed by atoms with van der Waals surface area (Å²) in [5.41, 5.74) is 5.48. The number of hydrogen-bond acceptors (Lipinski definition) is 2. The van der Waals surface area contributed by atoms with Gasteiger partial charge in [0.25, 0.3) is 0 Å². The Hall–Kier alpha value is -3.65. The van der Waals surface area contributed by atoms with Crippen LogP contribution in [0.25, 0.3) is 11.1 Å². The van der Waals surface area contributed by atoms with E-state index in [0.29, 0.717) is 6.54 Å². The quantitative estimate of drug-likeness (QED) is 0.276. The van der Waals surface area contributed by atoms with Gasteiger partial charge in [0.1, 0.15) is 5.75 Å². The van der Waals surface area contributed by atoms with Crippen molar-refractivity contribution in [3.05, 3.63) is 125 Å². The smallest absolute Gasteiger partial charge is 0.128 e. The van der Waals surface area contributed by atoms with Crippen molar-refractivity contribution >= 4 is 6.21 Å². The summed E-state index contributed by atoms with van der Waals surface area (Å²) >= 11 is 0. The molecule has 0 aromatic heterocycles. The summed E-state index contributed by atoms with van der Waals surface area (Å²) in [4.78, 5) is 4.42. The molecule has 0 aliphatic rings. The molecular weight excluding hydrogens is 378 g/mol. The number of aromatic hydroxyl groups is 1. The highest BCUT2D eigenvalue weighted by molar-refractivity contribution is 5.88. The first kappa shape index (κ1) is 20.6. The second-order valence-corrected chi connectivity index (χ2v) is 7.81. The Morgan fingerprint density at radius 3 is 1.77 bits per heavy atom. The van der Waals surface area contributed by atoms with Crippen molar-refractivity contribution in [2.75, 3.05) is 6.54 Å². The average molecular weight is 406 g/mol. The molecule has 0 amide bonds. The fourth-order valence-corrected chi connectivity index (χ4v) is 4.14. The molecular formula is C29H27NO. The molecule has 1 N–H and O–H groups in total. The zero-order valence-electron chi connectivity index (χ0n) is 18.0. The molecule has 0 unspecified atom stereocenters. The maximum Gasteiger partial charge on any atom is 0.128 e. The Morgan fingerprint density at radius 1 is 0.742 bits per heavy atom. The number of benzene rings is 4. The van der Waals surface area contributed by atoms with Crippen LogP contribution in [0.3, 0.4) is 0 Å². The fraction of sp³-hybridized carbons (Fsp3) is 0.138. The van der Waals surface area contributed by atoms with Gasteiger partial charge in [0.2, 0.25) is 0 Å². The van der Waals surface area contributed by atoms with Gasteiger partial charge in [-0.3, -0.25) is 4.99 Å². The fourth-order valence-electron chi connectivity index (χ4n) is 4.14. The highest BCUT2D eigenvalue weighted by atomic mass is 16.3. The van der Waals surface area contributed by atoms with E-state index in [4.69, 9.17) is 0 Å². The van der Waals surface area contributed by atoms with Crippen molar-refractivity contribution in [2.45, 2.75) is 19.3 Å². The summed E-state index contributed by atoms with van der Waals surface area (Å²) in [5.74, 6) is 0.270. The van der Waals surface area contributed by atoms with Crippen LogP contribution in [0.2, 0.25) is 0 Å². The van der Waals surface area contributed by atoms with Crippen molar-refractivity contribution in [3.8, 4) is 16.9 Å². The van der Waals surface area contributed by atoms with Gasteiger partial charge in [-0.25, -0.2) is 0 Å². The molecule has 154 valence electrons. The molecule has 4 aromatic rings. The third kappa shape index (κ3) is 4.02. The zero-order valence-corrected chi connectivity index (χ0v) is 18.0. The highest BCUT2D eigenvalue weighted by Gasteiger charge is 2.34. The van der Waals surface area contributed by atoms with Gasteiger partial charge in [-0.2, -0.15) is 0 Å². The number of rotatable bonds is 6. The van der Waals surface area contributed by atoms with Gasteiger partial charge in [-0.15, -0.1) is 0 Å². The van der Waals surface area contributed by atoms with Crippen LogP contribution in [0.4, 0.5) is 0 Å². The lowest BCUT2D eigenvalue weighted by molar-refractivity contribution is 0.457. The molecule has 0 aliphatic carbocycles. The van der Waals surface area contributed by atoms with Crippen LogP contribution in [0, 0.1) is 0 Å². The SMILES string of the molecule is CCN=Cc1cc(-c2ccccc2)cc(C(C)(c2ccccc2)c2ccccc2)c1O. The predicted molar refractivity (Wildman–Crippen MR) is 130 cm³/mol. The van der Waals surface area contributed by atoms with Crippen molar-refractivity contribution in [1.29, 1.82) is 0 Å². The zero-order chi connectivity index (χ0) is 21.7. The van der Waals surface area contributed by atoms with Crippen LogP contribution >= 0.6 is 0 Å². The monoisotopic (exact) mass is 405 g/mol. The van der Waals surface area contributed by atoms with Crippen LogP contribution in [-0.2, 0) is 5.41 Å². The third-order valence-electron chi connectivity index (χ3n) is 5.90. The van der Waals surface area contributed by atoms with E-state index in [-0.39, 0.29) is 5.75 Å². The Kier molecular flexibility index (Phi) is 5.99. The van der Waals surface area contributed by atoms with Crippen molar-refractivity contribution in [1.82, 2.24) is 0 Å². The first-order valence-electron chi connectivity index (χ1n) is 10.7. The minimum Gasteiger partial charge on any atom is -0.507 e. The summed E-state index contributed by atoms with van der Waals surface area (Å²) in [6.07, 6.45) is 1.78. The van der Waals surface area contributed by atoms with E-state index in [2.05, 4.69) is 54.4 Å². The lowest BCUT2D eigenvalue weighted by Gasteiger charge is -2.33. The molecule has 0 saturated heterocycles. The van der Waals surface area contributed by atoms with Gasteiger partial charge in [-0.1, -0.05) is 91.0 Å². The first-order valence-corrected chi connectivity index (χ1v) is 10.7. The van der Waals surface area contributed by atoms with E-state index in [1.165, 1.54) is 0 Å². The van der Waals surface area contributed by atoms with E-state index < -0.39 is 5.41 Å². The molecule has 31 heavy (non-hydrogen) atoms. The highest BCUT2D eigenvalue weighted by Crippen LogP contribution is 2.45. The van der Waals surface area contributed by atoms with Gasteiger partial charge < -0.3 is 5.11 Å². The predicted octanol–water partition coefficient (Wildman–Crippen LogP) is 6.85. The lowest BCUT2D eigenvalue weighted by atomic mass is 9.70. The van der Waals surface area contributed by atoms with Crippen LogP contribution < -0.4 is 0 Å². The van der Waals surface area contributed by atoms with E-state index >= 15 is 0 Å². The standard InChI is InChI=1S/C29H27NO/c1-3-30-21-24-19-23(22-13-7-4-8-14-22)20-27(28(24)31)29(2,25-15-9-5-10-16-25)26-17-11-6-12-18-26/h4-21,31H,3H2,1-2H3. The second kappa shape index (κ2) is 9.01. The lowest BCUT2D eigenvalue weighted by Crippen LogP contribution is -2.26. The molecule has 2 nitrogen and oxygen atoms in total. The third-order valence-corrected chi connectivity index (χ3v) is 5.90. The van der Waals surface area contributed by atoms with E-state index in [9.17, 15) is 5.11 Å². The molecule has 0 fully saturated rings. The summed E-state index contributed by atoms with van der Waals surface area (Å²) in [5, 5.41) is 11.5. The van der Waals surface area contributed by atoms with Gasteiger partial charge >= 0.3 is 0 Å². The molecule has 2 heteroatoms. The Balaban J connectivity index is 2.04. The van der Waals surface area contributed by atoms with Crippen LogP contribution in [0.15, 0.2) is 108 Å². The molecule has 0 radical (unpaired) electrons. The number of phenols is 1. The number of hydrogen-bond donors (Lipinski definition) is 1. The Bertz CT molecular complexity index is 1130. The topological polar surface area (TPSA) is 32.6 Å². The van der Waals surface area contributed by atoms with Crippen molar-refractivity contribution < 1.29 is 5.11 Å². The summed E-state index contributed by atoms with van der Waals surface area (Å²) in [7, 11) is 0. The minimum absolute atomic E-state index is 0.270. The van der Waals surface area contributed by atoms with Gasteiger partial charge in [-0.05, 0) is 48.2 Å². The number of nitrogens with zero attached hydrogens (tertiary/aromatic N) is 1. The van der Waals surface area contributed by atoms with Gasteiger partial charge in [0, 0.05) is 29.3 Å². The van der Waals surface area contributed by atoms with Gasteiger partial charge in [0.05, 0.1) is 0 Å². The maximum absolute atomic E-state index is 11.5. The Labute approximate surface area is 184 Å². The molecule has 0 saturated carbocycles. The normalized spacial score (nSPS) is 11.7. The average Bonchev–Trinajstić information content (AvgIpc) is 2.84. The molecule has 0 spiro atoms. The molecule has 4 rings (SSSR count). The first-order chi connectivity index (χ1) is 15.1. The molecule has 0 bridgehead atoms. The van der Waals surface area contributed by atoms with Crippen LogP contribution in [-0.4, -0.2) is 17.9 Å². The summed E-state index contributed by atoms with van der Waals surface area (Å²) in [6, 6.07) is 35.2. The van der Waals surface area contributed by atoms with Crippen molar-refractivity contribution in [2.24, 2.45) is 4.99 Å². The van der Waals surface area contributed by atoms with E-state index in [1.54, 1.807) is 6.21 Å². The van der Waals surface area contributed by atoms with E-state index in [1.807, 2.05) is 67.6 Å². The van der Waals surface area contributed by atoms with Crippen LogP contribution in [0.1, 0.15) is 36.1 Å². The summed E-state index contributed by atoms with van der Waals surface area (Å²) < 4.78 is 0. The molecule has 0 atom stereocenters. The molecule has 4 aromatic carbocycles. The van der Waals surface area contributed by atoms with E-state index in [0.717, 1.165) is 33.4 Å². The van der Waals surface area contributed by atoms with Gasteiger partial charge in [0.15, 0.2) is 0 Å². The number of phenolic OH excluding ortho intramolecular Hbond substituents is 1. The summed E-state index contributed by atoms with van der Waals surface area (Å²) in [6.45, 7) is 4.84. The minimum atomic E-state index is -0.536. The maximum atomic E-state index is 11.5. The Morgan fingerprint density at radius 2 is 1.26 bits per heavy atom.